The second-order valence-electron chi connectivity index (χ2n) is 2.08. The van der Waals surface area contributed by atoms with E-state index in [2.05, 4.69) is 15.6 Å². The first-order valence-electron chi connectivity index (χ1n) is 3.72. The Bertz CT molecular complexity index is 173. The lowest BCUT2D eigenvalue weighted by molar-refractivity contribution is 0.195. The maximum absolute atomic E-state index is 8.23. The van der Waals surface area contributed by atoms with Gasteiger partial charge in [0.2, 0.25) is 12.2 Å². The van der Waals surface area contributed by atoms with Crippen molar-refractivity contribution >= 4 is 5.96 Å². The first kappa shape index (κ1) is 10.7. The Morgan fingerprint density at radius 1 is 1.67 bits per heavy atom. The summed E-state index contributed by atoms with van der Waals surface area (Å²) in [5.74, 6) is 0.494. The van der Waals surface area contributed by atoms with E-state index in [9.17, 15) is 0 Å². The van der Waals surface area contributed by atoms with Gasteiger partial charge in [0.25, 0.3) is 0 Å². The predicted octanol–water partition coefficient (Wildman–Crippen LogP) is -0.331. The van der Waals surface area contributed by atoms with Crippen molar-refractivity contribution in [1.82, 2.24) is 10.6 Å². The van der Waals surface area contributed by atoms with Crippen LogP contribution in [0.5, 0.6) is 0 Å². The maximum atomic E-state index is 8.23. The fraction of sp³-hybridized carbons (Fsp3) is 0.714. The number of methoxy groups -OCH3 is 1. The van der Waals surface area contributed by atoms with Crippen LogP contribution in [0, 0.1) is 11.5 Å². The predicted molar refractivity (Wildman–Crippen MR) is 46.6 cm³/mol. The molecule has 0 aromatic heterocycles. The number of rotatable bonds is 4. The quantitative estimate of drug-likeness (QED) is 0.262. The second-order valence-corrected chi connectivity index (χ2v) is 2.08. The Kier molecular flexibility index (Phi) is 6.99. The van der Waals surface area contributed by atoms with E-state index in [1.54, 1.807) is 20.4 Å². The molecule has 0 amide bonds. The lowest BCUT2D eigenvalue weighted by atomic mass is 10.4. The SMILES string of the molecule is CN/C(=N/C#N)NCCCOC. The normalized spacial score (nSPS) is 10.6. The van der Waals surface area contributed by atoms with E-state index in [0.717, 1.165) is 13.0 Å². The van der Waals surface area contributed by atoms with Crippen molar-refractivity contribution in [3.8, 4) is 6.19 Å². The lowest BCUT2D eigenvalue weighted by Crippen LogP contribution is -2.35. The minimum Gasteiger partial charge on any atom is -0.385 e. The number of aliphatic imine (C=N–C) groups is 1. The Morgan fingerprint density at radius 2 is 2.42 bits per heavy atom. The molecule has 0 aromatic rings. The molecule has 0 saturated carbocycles. The topological polar surface area (TPSA) is 69.4 Å². The molecule has 2 N–H and O–H groups in total. The van der Waals surface area contributed by atoms with Gasteiger partial charge in [0, 0.05) is 27.3 Å². The molecule has 0 atom stereocenters. The average molecular weight is 170 g/mol. The molecular weight excluding hydrogens is 156 g/mol. The van der Waals surface area contributed by atoms with Crippen LogP contribution in [0.2, 0.25) is 0 Å². The second kappa shape index (κ2) is 7.82. The van der Waals surface area contributed by atoms with Gasteiger partial charge in [-0.2, -0.15) is 5.26 Å². The molecule has 0 radical (unpaired) electrons. The molecular formula is C7H14N4O. The summed E-state index contributed by atoms with van der Waals surface area (Å²) in [6, 6.07) is 0. The van der Waals surface area contributed by atoms with Crippen LogP contribution >= 0.6 is 0 Å². The zero-order chi connectivity index (χ0) is 9.23. The standard InChI is InChI=1S/C7H14N4O/c1-9-7(11-6-8)10-4-3-5-12-2/h3-5H2,1-2H3,(H2,9,10,11). The van der Waals surface area contributed by atoms with Gasteiger partial charge in [-0.3, -0.25) is 0 Å². The molecule has 0 heterocycles. The molecule has 0 aliphatic rings. The lowest BCUT2D eigenvalue weighted by Gasteiger charge is -2.05. The monoisotopic (exact) mass is 170 g/mol. The van der Waals surface area contributed by atoms with Crippen LogP contribution in [-0.4, -0.2) is 33.3 Å². The minimum atomic E-state index is 0.494. The van der Waals surface area contributed by atoms with Crippen molar-refractivity contribution in [2.45, 2.75) is 6.42 Å². The van der Waals surface area contributed by atoms with Gasteiger partial charge in [-0.25, -0.2) is 0 Å². The summed E-state index contributed by atoms with van der Waals surface area (Å²) in [6.45, 7) is 1.45. The summed E-state index contributed by atoms with van der Waals surface area (Å²) in [5, 5.41) is 13.9. The van der Waals surface area contributed by atoms with E-state index in [0.29, 0.717) is 12.6 Å². The summed E-state index contributed by atoms with van der Waals surface area (Å²) in [5.41, 5.74) is 0. The van der Waals surface area contributed by atoms with E-state index in [-0.39, 0.29) is 0 Å². The molecule has 68 valence electrons. The van der Waals surface area contributed by atoms with E-state index in [1.165, 1.54) is 0 Å². The molecule has 0 aliphatic carbocycles. The molecule has 5 heteroatoms. The largest absolute Gasteiger partial charge is 0.385 e. The number of guanidine groups is 1. The third-order valence-corrected chi connectivity index (χ3v) is 1.22. The smallest absolute Gasteiger partial charge is 0.209 e. The van der Waals surface area contributed by atoms with Crippen LogP contribution < -0.4 is 10.6 Å². The van der Waals surface area contributed by atoms with Gasteiger partial charge in [-0.1, -0.05) is 0 Å². The van der Waals surface area contributed by atoms with Gasteiger partial charge in [0.1, 0.15) is 0 Å². The fourth-order valence-electron chi connectivity index (χ4n) is 0.657. The van der Waals surface area contributed by atoms with E-state index >= 15 is 0 Å². The summed E-state index contributed by atoms with van der Waals surface area (Å²) < 4.78 is 4.85. The van der Waals surface area contributed by atoms with E-state index in [1.807, 2.05) is 0 Å². The highest BCUT2D eigenvalue weighted by Gasteiger charge is 1.92. The number of hydrogen-bond donors (Lipinski definition) is 2. The molecule has 0 fully saturated rings. The molecule has 5 nitrogen and oxygen atoms in total. The summed E-state index contributed by atoms with van der Waals surface area (Å²) in [7, 11) is 3.36. The molecule has 0 aromatic carbocycles. The zero-order valence-electron chi connectivity index (χ0n) is 7.42. The molecule has 12 heavy (non-hydrogen) atoms. The Morgan fingerprint density at radius 3 is 2.92 bits per heavy atom. The third-order valence-electron chi connectivity index (χ3n) is 1.22. The molecule has 0 spiro atoms. The first-order valence-corrected chi connectivity index (χ1v) is 3.72. The zero-order valence-corrected chi connectivity index (χ0v) is 7.42. The summed E-state index contributed by atoms with van der Waals surface area (Å²) in [6.07, 6.45) is 2.58. The van der Waals surface area contributed by atoms with E-state index < -0.39 is 0 Å². The third kappa shape index (κ3) is 5.50. The molecule has 0 aliphatic heterocycles. The molecule has 0 saturated heterocycles. The Balaban J connectivity index is 3.47. The number of hydrogen-bond acceptors (Lipinski definition) is 3. The molecule has 0 unspecified atom stereocenters. The highest BCUT2D eigenvalue weighted by Crippen LogP contribution is 1.76. The Hall–Kier alpha value is -1.28. The van der Waals surface area contributed by atoms with Crippen molar-refractivity contribution in [2.75, 3.05) is 27.3 Å². The highest BCUT2D eigenvalue weighted by molar-refractivity contribution is 5.80. The Labute approximate surface area is 72.4 Å². The van der Waals surface area contributed by atoms with Crippen LogP contribution in [0.15, 0.2) is 4.99 Å². The van der Waals surface area contributed by atoms with Crippen LogP contribution in [0.3, 0.4) is 0 Å². The number of nitriles is 1. The van der Waals surface area contributed by atoms with Crippen molar-refractivity contribution in [3.05, 3.63) is 0 Å². The van der Waals surface area contributed by atoms with Gasteiger partial charge < -0.3 is 15.4 Å². The maximum Gasteiger partial charge on any atom is 0.209 e. The van der Waals surface area contributed by atoms with Gasteiger partial charge in [-0.15, -0.1) is 4.99 Å². The number of nitrogens with zero attached hydrogens (tertiary/aromatic N) is 2. The van der Waals surface area contributed by atoms with Crippen molar-refractivity contribution in [2.24, 2.45) is 4.99 Å². The number of nitrogens with one attached hydrogen (secondary N) is 2. The fourth-order valence-corrected chi connectivity index (χ4v) is 0.657. The van der Waals surface area contributed by atoms with Crippen molar-refractivity contribution < 1.29 is 4.74 Å². The van der Waals surface area contributed by atoms with Crippen molar-refractivity contribution in [1.29, 1.82) is 5.26 Å². The van der Waals surface area contributed by atoms with Gasteiger partial charge in [0.15, 0.2) is 0 Å². The van der Waals surface area contributed by atoms with E-state index in [4.69, 9.17) is 10.00 Å². The van der Waals surface area contributed by atoms with Crippen LogP contribution in [0.1, 0.15) is 6.42 Å². The molecule has 0 bridgehead atoms. The average Bonchev–Trinajstić information content (AvgIpc) is 2.10. The van der Waals surface area contributed by atoms with Crippen LogP contribution in [-0.2, 0) is 4.74 Å². The first-order chi connectivity index (χ1) is 5.85. The minimum absolute atomic E-state index is 0.494. The van der Waals surface area contributed by atoms with Gasteiger partial charge >= 0.3 is 0 Å². The highest BCUT2D eigenvalue weighted by atomic mass is 16.5. The number of ether oxygens (including phenoxy) is 1. The summed E-state index contributed by atoms with van der Waals surface area (Å²) >= 11 is 0. The van der Waals surface area contributed by atoms with Gasteiger partial charge in [0.05, 0.1) is 0 Å². The van der Waals surface area contributed by atoms with Crippen LogP contribution in [0.4, 0.5) is 0 Å². The van der Waals surface area contributed by atoms with Gasteiger partial charge in [-0.05, 0) is 6.42 Å². The van der Waals surface area contributed by atoms with Crippen molar-refractivity contribution in [3.63, 3.8) is 0 Å². The summed E-state index contributed by atoms with van der Waals surface area (Å²) in [4.78, 5) is 3.50. The molecule has 0 rings (SSSR count). The van der Waals surface area contributed by atoms with Crippen LogP contribution in [0.25, 0.3) is 0 Å².